The molecule has 0 aliphatic heterocycles. The maximum atomic E-state index is 10.8. The summed E-state index contributed by atoms with van der Waals surface area (Å²) >= 11 is 0. The lowest BCUT2D eigenvalue weighted by Gasteiger charge is -2.20. The van der Waals surface area contributed by atoms with Gasteiger partial charge in [-0.3, -0.25) is 4.79 Å². The van der Waals surface area contributed by atoms with Crippen LogP contribution in [0.25, 0.3) is 0 Å². The van der Waals surface area contributed by atoms with E-state index in [4.69, 9.17) is 5.73 Å². The molecule has 11 heavy (non-hydrogen) atoms. The Kier molecular flexibility index (Phi) is 2.69. The molecule has 0 saturated carbocycles. The Labute approximate surface area is 67.5 Å². The van der Waals surface area contributed by atoms with Crippen molar-refractivity contribution >= 4 is 5.91 Å². The summed E-state index contributed by atoms with van der Waals surface area (Å²) in [4.78, 5) is 10.8. The molecule has 1 aliphatic rings. The zero-order valence-electron chi connectivity index (χ0n) is 6.92. The molecule has 62 valence electrons. The standard InChI is InChI=1S/C9H15NO/c1-7(9(10)11)8-5-3-2-4-6-8/h3,5,7-8H,2,4,6H2,1H3,(H2,10,11). The molecule has 0 radical (unpaired) electrons. The third-order valence-corrected chi connectivity index (χ3v) is 2.38. The average Bonchev–Trinajstić information content (AvgIpc) is 2.05. The van der Waals surface area contributed by atoms with Crippen molar-refractivity contribution in [3.63, 3.8) is 0 Å². The van der Waals surface area contributed by atoms with Gasteiger partial charge in [0.15, 0.2) is 0 Å². The summed E-state index contributed by atoms with van der Waals surface area (Å²) in [5.41, 5.74) is 5.19. The number of amides is 1. The maximum absolute atomic E-state index is 10.8. The molecule has 1 amide bonds. The third kappa shape index (κ3) is 2.07. The van der Waals surface area contributed by atoms with Crippen molar-refractivity contribution in [2.45, 2.75) is 26.2 Å². The van der Waals surface area contributed by atoms with Gasteiger partial charge in [0.25, 0.3) is 0 Å². The second-order valence-electron chi connectivity index (χ2n) is 3.21. The molecule has 1 rings (SSSR count). The van der Waals surface area contributed by atoms with Crippen LogP contribution in [0.15, 0.2) is 12.2 Å². The van der Waals surface area contributed by atoms with E-state index < -0.39 is 0 Å². The van der Waals surface area contributed by atoms with Crippen LogP contribution in [0, 0.1) is 11.8 Å². The lowest BCUT2D eigenvalue weighted by Crippen LogP contribution is -2.27. The molecule has 0 aromatic rings. The van der Waals surface area contributed by atoms with Crippen LogP contribution < -0.4 is 5.73 Å². The highest BCUT2D eigenvalue weighted by atomic mass is 16.1. The molecule has 2 heteroatoms. The van der Waals surface area contributed by atoms with Crippen molar-refractivity contribution in [1.82, 2.24) is 0 Å². The summed E-state index contributed by atoms with van der Waals surface area (Å²) < 4.78 is 0. The van der Waals surface area contributed by atoms with Crippen molar-refractivity contribution in [3.8, 4) is 0 Å². The Bertz CT molecular complexity index is 174. The minimum absolute atomic E-state index is 0.00606. The number of hydrogen-bond acceptors (Lipinski definition) is 1. The van der Waals surface area contributed by atoms with E-state index in [0.717, 1.165) is 12.8 Å². The van der Waals surface area contributed by atoms with E-state index in [1.165, 1.54) is 6.42 Å². The van der Waals surface area contributed by atoms with Crippen molar-refractivity contribution < 1.29 is 4.79 Å². The smallest absolute Gasteiger partial charge is 0.220 e. The monoisotopic (exact) mass is 153 g/mol. The SMILES string of the molecule is CC(C(N)=O)C1C=CCCC1. The van der Waals surface area contributed by atoms with Gasteiger partial charge in [0.05, 0.1) is 0 Å². The van der Waals surface area contributed by atoms with Crippen molar-refractivity contribution in [1.29, 1.82) is 0 Å². The van der Waals surface area contributed by atoms with Gasteiger partial charge in [-0.05, 0) is 25.2 Å². The normalized spacial score (nSPS) is 26.5. The average molecular weight is 153 g/mol. The van der Waals surface area contributed by atoms with Gasteiger partial charge < -0.3 is 5.73 Å². The first-order valence-corrected chi connectivity index (χ1v) is 4.18. The summed E-state index contributed by atoms with van der Waals surface area (Å²) in [7, 11) is 0. The molecule has 0 fully saturated rings. The Morgan fingerprint density at radius 1 is 1.73 bits per heavy atom. The minimum atomic E-state index is -0.179. The lowest BCUT2D eigenvalue weighted by molar-refractivity contribution is -0.122. The molecule has 2 unspecified atom stereocenters. The molecule has 2 atom stereocenters. The second kappa shape index (κ2) is 3.56. The van der Waals surface area contributed by atoms with Gasteiger partial charge in [-0.1, -0.05) is 19.1 Å². The first-order chi connectivity index (χ1) is 5.22. The van der Waals surface area contributed by atoms with Gasteiger partial charge in [-0.25, -0.2) is 0 Å². The Morgan fingerprint density at radius 3 is 2.91 bits per heavy atom. The van der Waals surface area contributed by atoms with E-state index in [0.29, 0.717) is 5.92 Å². The summed E-state index contributed by atoms with van der Waals surface area (Å²) in [6.45, 7) is 1.91. The molecule has 0 bridgehead atoms. The quantitative estimate of drug-likeness (QED) is 0.600. The molecule has 0 heterocycles. The van der Waals surface area contributed by atoms with Crippen LogP contribution >= 0.6 is 0 Å². The van der Waals surface area contributed by atoms with Gasteiger partial charge in [0.1, 0.15) is 0 Å². The van der Waals surface area contributed by atoms with Crippen LogP contribution in [0.4, 0.5) is 0 Å². The number of nitrogens with two attached hydrogens (primary N) is 1. The van der Waals surface area contributed by atoms with Crippen LogP contribution in [-0.4, -0.2) is 5.91 Å². The van der Waals surface area contributed by atoms with Gasteiger partial charge in [-0.2, -0.15) is 0 Å². The van der Waals surface area contributed by atoms with E-state index in [1.54, 1.807) is 0 Å². The van der Waals surface area contributed by atoms with Crippen LogP contribution in [0.3, 0.4) is 0 Å². The summed E-state index contributed by atoms with van der Waals surface area (Å²) in [5.74, 6) is 0.217. The number of allylic oxidation sites excluding steroid dienone is 2. The topological polar surface area (TPSA) is 43.1 Å². The van der Waals surface area contributed by atoms with Gasteiger partial charge in [0, 0.05) is 5.92 Å². The lowest BCUT2D eigenvalue weighted by atomic mass is 9.85. The van der Waals surface area contributed by atoms with Crippen LogP contribution in [0.2, 0.25) is 0 Å². The Hall–Kier alpha value is -0.790. The van der Waals surface area contributed by atoms with Crippen molar-refractivity contribution in [3.05, 3.63) is 12.2 Å². The fourth-order valence-corrected chi connectivity index (χ4v) is 1.47. The highest BCUT2D eigenvalue weighted by Crippen LogP contribution is 2.23. The van der Waals surface area contributed by atoms with Gasteiger partial charge in [-0.15, -0.1) is 0 Å². The first kappa shape index (κ1) is 8.31. The van der Waals surface area contributed by atoms with E-state index in [1.807, 2.05) is 6.92 Å². The Balaban J connectivity index is 2.52. The Morgan fingerprint density at radius 2 is 2.45 bits per heavy atom. The number of hydrogen-bond donors (Lipinski definition) is 1. The molecular weight excluding hydrogens is 138 g/mol. The zero-order chi connectivity index (χ0) is 8.27. The fourth-order valence-electron chi connectivity index (χ4n) is 1.47. The number of primary amides is 1. The van der Waals surface area contributed by atoms with Crippen LogP contribution in [0.5, 0.6) is 0 Å². The van der Waals surface area contributed by atoms with E-state index >= 15 is 0 Å². The predicted octanol–water partition coefficient (Wildman–Crippen LogP) is 1.46. The van der Waals surface area contributed by atoms with Crippen molar-refractivity contribution in [2.75, 3.05) is 0 Å². The summed E-state index contributed by atoms with van der Waals surface area (Å²) in [5, 5.41) is 0. The molecular formula is C9H15NO. The molecule has 1 aliphatic carbocycles. The highest BCUT2D eigenvalue weighted by molar-refractivity contribution is 5.76. The van der Waals surface area contributed by atoms with Gasteiger partial charge in [0.2, 0.25) is 5.91 Å². The minimum Gasteiger partial charge on any atom is -0.369 e. The summed E-state index contributed by atoms with van der Waals surface area (Å²) in [6, 6.07) is 0. The largest absolute Gasteiger partial charge is 0.369 e. The molecule has 2 nitrogen and oxygen atoms in total. The fraction of sp³-hybridized carbons (Fsp3) is 0.667. The third-order valence-electron chi connectivity index (χ3n) is 2.38. The molecule has 0 aromatic heterocycles. The summed E-state index contributed by atoms with van der Waals surface area (Å²) in [6.07, 6.45) is 7.73. The number of carbonyl (C=O) groups is 1. The second-order valence-corrected chi connectivity index (χ2v) is 3.21. The molecule has 0 spiro atoms. The van der Waals surface area contributed by atoms with E-state index in [2.05, 4.69) is 12.2 Å². The molecule has 2 N–H and O–H groups in total. The van der Waals surface area contributed by atoms with E-state index in [9.17, 15) is 4.79 Å². The zero-order valence-corrected chi connectivity index (χ0v) is 6.92. The van der Waals surface area contributed by atoms with Crippen LogP contribution in [-0.2, 0) is 4.79 Å². The first-order valence-electron chi connectivity index (χ1n) is 4.18. The molecule has 0 saturated heterocycles. The number of carbonyl (C=O) groups excluding carboxylic acids is 1. The van der Waals surface area contributed by atoms with E-state index in [-0.39, 0.29) is 11.8 Å². The maximum Gasteiger partial charge on any atom is 0.220 e. The van der Waals surface area contributed by atoms with Crippen molar-refractivity contribution in [2.24, 2.45) is 17.6 Å². The number of rotatable bonds is 2. The predicted molar refractivity (Wildman–Crippen MR) is 44.8 cm³/mol. The van der Waals surface area contributed by atoms with Crippen LogP contribution in [0.1, 0.15) is 26.2 Å². The highest BCUT2D eigenvalue weighted by Gasteiger charge is 2.20. The molecule has 0 aromatic carbocycles. The van der Waals surface area contributed by atoms with Gasteiger partial charge >= 0.3 is 0 Å².